The van der Waals surface area contributed by atoms with E-state index in [1.165, 1.54) is 10.5 Å². The highest BCUT2D eigenvalue weighted by atomic mass is 16.5. The summed E-state index contributed by atoms with van der Waals surface area (Å²) < 4.78 is 4.88. The van der Waals surface area contributed by atoms with Crippen LogP contribution in [0.1, 0.15) is 24.5 Å². The number of hydrogen-bond donors (Lipinski definition) is 0. The molecule has 0 atom stereocenters. The van der Waals surface area contributed by atoms with E-state index in [-0.39, 0.29) is 18.4 Å². The van der Waals surface area contributed by atoms with Crippen molar-refractivity contribution in [2.24, 2.45) is 0 Å². The Labute approximate surface area is 126 Å². The third-order valence-electron chi connectivity index (χ3n) is 3.20. The zero-order valence-corrected chi connectivity index (χ0v) is 12.8. The maximum absolute atomic E-state index is 12.2. The number of rotatable bonds is 8. The van der Waals surface area contributed by atoms with Crippen molar-refractivity contribution in [3.8, 4) is 0 Å². The number of benzene rings is 1. The molecule has 114 valence electrons. The molecule has 0 aliphatic heterocycles. The average molecular weight is 289 g/mol. The highest BCUT2D eigenvalue weighted by molar-refractivity contribution is 5.82. The molecule has 0 fully saturated rings. The van der Waals surface area contributed by atoms with Crippen molar-refractivity contribution < 1.29 is 14.3 Å². The molecule has 0 saturated heterocycles. The van der Waals surface area contributed by atoms with Gasteiger partial charge in [-0.05, 0) is 31.4 Å². The lowest BCUT2D eigenvalue weighted by Gasteiger charge is -2.20. The van der Waals surface area contributed by atoms with Crippen LogP contribution < -0.4 is 0 Å². The minimum atomic E-state index is -0.386. The summed E-state index contributed by atoms with van der Waals surface area (Å²) in [7, 11) is 0. The van der Waals surface area contributed by atoms with E-state index in [0.717, 1.165) is 5.56 Å². The monoisotopic (exact) mass is 289 g/mol. The largest absolute Gasteiger partial charge is 0.465 e. The minimum Gasteiger partial charge on any atom is -0.465 e. The summed E-state index contributed by atoms with van der Waals surface area (Å²) in [5, 5.41) is 0. The van der Waals surface area contributed by atoms with E-state index in [2.05, 4.69) is 6.58 Å². The summed E-state index contributed by atoms with van der Waals surface area (Å²) in [5.41, 5.74) is 2.33. The van der Waals surface area contributed by atoms with Crippen molar-refractivity contribution in [2.75, 3.05) is 19.7 Å². The molecular formula is C17H23NO3. The zero-order valence-electron chi connectivity index (χ0n) is 12.8. The van der Waals surface area contributed by atoms with Gasteiger partial charge in [0.1, 0.15) is 6.54 Å². The Morgan fingerprint density at radius 3 is 2.67 bits per heavy atom. The quantitative estimate of drug-likeness (QED) is 0.545. The molecule has 4 heteroatoms. The molecule has 1 amide bonds. The van der Waals surface area contributed by atoms with Crippen molar-refractivity contribution in [1.29, 1.82) is 0 Å². The van der Waals surface area contributed by atoms with Gasteiger partial charge >= 0.3 is 5.97 Å². The van der Waals surface area contributed by atoms with Crippen LogP contribution in [0.3, 0.4) is 0 Å². The Morgan fingerprint density at radius 1 is 1.33 bits per heavy atom. The molecule has 0 aliphatic carbocycles. The molecule has 0 saturated carbocycles. The van der Waals surface area contributed by atoms with Crippen molar-refractivity contribution in [1.82, 2.24) is 4.90 Å². The van der Waals surface area contributed by atoms with Gasteiger partial charge in [-0.15, -0.1) is 6.58 Å². The Bertz CT molecular complexity index is 497. The molecule has 0 unspecified atom stereocenters. The fourth-order valence-electron chi connectivity index (χ4n) is 2.06. The third-order valence-corrected chi connectivity index (χ3v) is 3.20. The van der Waals surface area contributed by atoms with Gasteiger partial charge in [0.15, 0.2) is 0 Å². The first-order chi connectivity index (χ1) is 10.1. The van der Waals surface area contributed by atoms with Crippen LogP contribution in [-0.2, 0) is 20.7 Å². The van der Waals surface area contributed by atoms with Crippen LogP contribution in [0.25, 0.3) is 0 Å². The van der Waals surface area contributed by atoms with Crippen LogP contribution in [0, 0.1) is 6.92 Å². The molecule has 1 rings (SSSR count). The zero-order chi connectivity index (χ0) is 15.7. The number of carbonyl (C=O) groups excluding carboxylic acids is 2. The van der Waals surface area contributed by atoms with Crippen molar-refractivity contribution in [3.05, 3.63) is 48.0 Å². The van der Waals surface area contributed by atoms with E-state index >= 15 is 0 Å². The van der Waals surface area contributed by atoms with E-state index in [9.17, 15) is 9.59 Å². The fraction of sp³-hybridized carbons (Fsp3) is 0.412. The minimum absolute atomic E-state index is 0.0214. The first kappa shape index (κ1) is 17.0. The number of carbonyl (C=O) groups is 2. The maximum Gasteiger partial charge on any atom is 0.325 e. The highest BCUT2D eigenvalue weighted by Crippen LogP contribution is 2.10. The van der Waals surface area contributed by atoms with Gasteiger partial charge in [-0.1, -0.05) is 30.3 Å². The summed E-state index contributed by atoms with van der Waals surface area (Å²) in [5.74, 6) is -0.449. The third kappa shape index (κ3) is 5.81. The first-order valence-electron chi connectivity index (χ1n) is 7.17. The fourth-order valence-corrected chi connectivity index (χ4v) is 2.06. The number of aryl methyl sites for hydroxylation is 2. The van der Waals surface area contributed by atoms with Gasteiger partial charge < -0.3 is 9.64 Å². The topological polar surface area (TPSA) is 46.6 Å². The molecule has 0 N–H and O–H groups in total. The molecule has 0 aromatic heterocycles. The maximum atomic E-state index is 12.2. The highest BCUT2D eigenvalue weighted by Gasteiger charge is 2.16. The second-order valence-electron chi connectivity index (χ2n) is 4.79. The second kappa shape index (κ2) is 8.95. The number of hydrogen-bond acceptors (Lipinski definition) is 3. The van der Waals surface area contributed by atoms with E-state index in [1.807, 2.05) is 31.2 Å². The second-order valence-corrected chi connectivity index (χ2v) is 4.79. The molecule has 21 heavy (non-hydrogen) atoms. The number of esters is 1. The van der Waals surface area contributed by atoms with Crippen LogP contribution in [0.15, 0.2) is 36.9 Å². The van der Waals surface area contributed by atoms with E-state index in [1.54, 1.807) is 13.0 Å². The van der Waals surface area contributed by atoms with Crippen molar-refractivity contribution in [3.63, 3.8) is 0 Å². The smallest absolute Gasteiger partial charge is 0.325 e. The molecule has 1 aromatic carbocycles. The molecule has 4 nitrogen and oxygen atoms in total. The van der Waals surface area contributed by atoms with Gasteiger partial charge in [0.05, 0.1) is 6.61 Å². The van der Waals surface area contributed by atoms with Crippen LogP contribution in [0.5, 0.6) is 0 Å². The normalized spacial score (nSPS) is 10.0. The molecule has 1 aromatic rings. The van der Waals surface area contributed by atoms with Crippen molar-refractivity contribution >= 4 is 11.9 Å². The summed E-state index contributed by atoms with van der Waals surface area (Å²) in [6.07, 6.45) is 2.66. The van der Waals surface area contributed by atoms with Crippen LogP contribution in [0.4, 0.5) is 0 Å². The first-order valence-corrected chi connectivity index (χ1v) is 7.17. The van der Waals surface area contributed by atoms with Crippen LogP contribution in [-0.4, -0.2) is 36.5 Å². The average Bonchev–Trinajstić information content (AvgIpc) is 2.46. The Balaban J connectivity index is 2.58. The van der Waals surface area contributed by atoms with E-state index in [4.69, 9.17) is 4.74 Å². The molecule has 0 radical (unpaired) electrons. The number of nitrogens with zero attached hydrogens (tertiary/aromatic N) is 1. The molecular weight excluding hydrogens is 266 g/mol. The van der Waals surface area contributed by atoms with Gasteiger partial charge in [-0.2, -0.15) is 0 Å². The predicted octanol–water partition coefficient (Wildman–Crippen LogP) is 2.51. The lowest BCUT2D eigenvalue weighted by molar-refractivity contribution is -0.148. The number of ether oxygens (including phenoxy) is 1. The van der Waals surface area contributed by atoms with Gasteiger partial charge in [0.25, 0.3) is 0 Å². The van der Waals surface area contributed by atoms with Gasteiger partial charge in [-0.25, -0.2) is 0 Å². The van der Waals surface area contributed by atoms with Gasteiger partial charge in [-0.3, -0.25) is 9.59 Å². The van der Waals surface area contributed by atoms with Crippen molar-refractivity contribution in [2.45, 2.75) is 26.7 Å². The Kier molecular flexibility index (Phi) is 7.23. The summed E-state index contributed by atoms with van der Waals surface area (Å²) in [6, 6.07) is 7.99. The molecule has 0 heterocycles. The SMILES string of the molecule is C=CCN(CC(=O)OCC)C(=O)CCc1ccccc1C. The van der Waals surface area contributed by atoms with Crippen LogP contribution in [0.2, 0.25) is 0 Å². The predicted molar refractivity (Wildman–Crippen MR) is 82.9 cm³/mol. The lowest BCUT2D eigenvalue weighted by Crippen LogP contribution is -2.36. The molecule has 0 aliphatic rings. The Morgan fingerprint density at radius 2 is 2.05 bits per heavy atom. The van der Waals surface area contributed by atoms with E-state index in [0.29, 0.717) is 26.0 Å². The summed E-state index contributed by atoms with van der Waals surface area (Å²) >= 11 is 0. The standard InChI is InChI=1S/C17H23NO3/c1-4-12-18(13-17(20)21-5-2)16(19)11-10-15-9-7-6-8-14(15)3/h4,6-9H,1,5,10-13H2,2-3H3. The van der Waals surface area contributed by atoms with Gasteiger partial charge in [0.2, 0.25) is 5.91 Å². The van der Waals surface area contributed by atoms with E-state index < -0.39 is 0 Å². The molecule has 0 spiro atoms. The summed E-state index contributed by atoms with van der Waals surface area (Å²) in [4.78, 5) is 25.2. The molecule has 0 bridgehead atoms. The van der Waals surface area contributed by atoms with Gasteiger partial charge in [0, 0.05) is 13.0 Å². The van der Waals surface area contributed by atoms with Crippen LogP contribution >= 0.6 is 0 Å². The Hall–Kier alpha value is -2.10. The number of amides is 1. The summed E-state index contributed by atoms with van der Waals surface area (Å²) in [6.45, 7) is 8.04. The lowest BCUT2D eigenvalue weighted by atomic mass is 10.0.